The third-order valence-corrected chi connectivity index (χ3v) is 5.38. The minimum absolute atomic E-state index is 0.169. The molecule has 1 saturated heterocycles. The number of amides is 1. The minimum Gasteiger partial charge on any atom is -0.339 e. The Bertz CT molecular complexity index is 613. The molecule has 1 aliphatic heterocycles. The van der Waals surface area contributed by atoms with Gasteiger partial charge in [0.1, 0.15) is 6.33 Å². The van der Waals surface area contributed by atoms with Crippen LogP contribution in [0.25, 0.3) is 0 Å². The molecule has 1 amide bonds. The molecule has 5 nitrogen and oxygen atoms in total. The molecular formula is C19H28N4O. The zero-order valence-corrected chi connectivity index (χ0v) is 15.0. The van der Waals surface area contributed by atoms with Crippen LogP contribution in [0.15, 0.2) is 24.5 Å². The fourth-order valence-electron chi connectivity index (χ4n) is 4.17. The van der Waals surface area contributed by atoms with Crippen molar-refractivity contribution in [1.82, 2.24) is 19.8 Å². The highest BCUT2D eigenvalue weighted by molar-refractivity contribution is 5.87. The molecular weight excluding hydrogens is 300 g/mol. The van der Waals surface area contributed by atoms with E-state index in [9.17, 15) is 4.79 Å². The maximum atomic E-state index is 12.4. The third-order valence-electron chi connectivity index (χ3n) is 5.38. The molecule has 0 radical (unpaired) electrons. The Hall–Kier alpha value is -1.75. The zero-order valence-electron chi connectivity index (χ0n) is 15.0. The Balaban J connectivity index is 1.57. The maximum absolute atomic E-state index is 12.4. The van der Waals surface area contributed by atoms with Crippen molar-refractivity contribution < 1.29 is 4.79 Å². The lowest BCUT2D eigenvalue weighted by molar-refractivity contribution is -0.125. The van der Waals surface area contributed by atoms with Gasteiger partial charge in [-0.2, -0.15) is 0 Å². The number of likely N-dealkylation sites (N-methyl/N-ethyl adjacent to an activating group) is 1. The Morgan fingerprint density at radius 3 is 2.92 bits per heavy atom. The third kappa shape index (κ3) is 4.01. The highest BCUT2D eigenvalue weighted by atomic mass is 16.2. The summed E-state index contributed by atoms with van der Waals surface area (Å²) in [5.41, 5.74) is 2.17. The average Bonchev–Trinajstić information content (AvgIpc) is 3.09. The first kappa shape index (κ1) is 17.1. The summed E-state index contributed by atoms with van der Waals surface area (Å²) in [4.78, 5) is 25.1. The number of nitrogens with zero attached hydrogens (tertiary/aromatic N) is 4. The molecule has 1 aromatic heterocycles. The average molecular weight is 328 g/mol. The molecule has 0 N–H and O–H groups in total. The molecule has 5 heteroatoms. The van der Waals surface area contributed by atoms with E-state index in [0.717, 1.165) is 37.4 Å². The zero-order chi connectivity index (χ0) is 17.1. The number of carbonyl (C=O) groups excluding carboxylic acids is 1. The second-order valence-electron chi connectivity index (χ2n) is 7.52. The smallest absolute Gasteiger partial charge is 0.246 e. The van der Waals surface area contributed by atoms with Crippen LogP contribution in [-0.4, -0.2) is 59.4 Å². The molecule has 2 aliphatic rings. The molecule has 0 aromatic carbocycles. The van der Waals surface area contributed by atoms with Gasteiger partial charge in [-0.3, -0.25) is 4.79 Å². The van der Waals surface area contributed by atoms with Crippen LogP contribution in [0, 0.1) is 24.7 Å². The summed E-state index contributed by atoms with van der Waals surface area (Å²) in [5.74, 6) is 2.12. The molecule has 3 rings (SSSR count). The second-order valence-corrected chi connectivity index (χ2v) is 7.52. The van der Waals surface area contributed by atoms with Crippen LogP contribution in [0.1, 0.15) is 24.2 Å². The van der Waals surface area contributed by atoms with Gasteiger partial charge in [-0.15, -0.1) is 0 Å². The lowest BCUT2D eigenvalue weighted by Crippen LogP contribution is -2.29. The van der Waals surface area contributed by atoms with Gasteiger partial charge in [-0.1, -0.05) is 6.08 Å². The van der Waals surface area contributed by atoms with Crippen molar-refractivity contribution in [2.45, 2.75) is 26.2 Å². The fourth-order valence-corrected chi connectivity index (χ4v) is 4.17. The van der Waals surface area contributed by atoms with Crippen LogP contribution in [0.5, 0.6) is 0 Å². The standard InChI is InChI=1S/C19H28N4O/c1-14-9-17(21-13-20-14)10-15-6-7-16-11-23(12-18(15)16)19(24)5-4-8-22(2)3/h4-5,9,13,15-16,18H,6-8,10-12H2,1-3H3/b5-4+/t15-,16-,18-/m1/s1. The van der Waals surface area contributed by atoms with Crippen LogP contribution in [0.3, 0.4) is 0 Å². The van der Waals surface area contributed by atoms with E-state index in [-0.39, 0.29) is 5.91 Å². The van der Waals surface area contributed by atoms with Gasteiger partial charge in [-0.25, -0.2) is 9.97 Å². The summed E-state index contributed by atoms with van der Waals surface area (Å²) in [5, 5.41) is 0. The van der Waals surface area contributed by atoms with Gasteiger partial charge >= 0.3 is 0 Å². The van der Waals surface area contributed by atoms with E-state index >= 15 is 0 Å². The van der Waals surface area contributed by atoms with Crippen LogP contribution >= 0.6 is 0 Å². The lowest BCUT2D eigenvalue weighted by atomic mass is 9.89. The number of aromatic nitrogens is 2. The van der Waals surface area contributed by atoms with Crippen molar-refractivity contribution in [2.75, 3.05) is 33.7 Å². The molecule has 2 fully saturated rings. The van der Waals surface area contributed by atoms with E-state index in [2.05, 4.69) is 20.9 Å². The van der Waals surface area contributed by atoms with Crippen LogP contribution in [0.2, 0.25) is 0 Å². The molecule has 0 spiro atoms. The highest BCUT2D eigenvalue weighted by Gasteiger charge is 2.43. The van der Waals surface area contributed by atoms with Crippen LogP contribution in [-0.2, 0) is 11.2 Å². The van der Waals surface area contributed by atoms with Gasteiger partial charge in [0.2, 0.25) is 5.91 Å². The number of fused-ring (bicyclic) bond motifs is 1. The second kappa shape index (κ2) is 7.43. The Morgan fingerprint density at radius 2 is 2.17 bits per heavy atom. The van der Waals surface area contributed by atoms with E-state index < -0.39 is 0 Å². The first-order valence-electron chi connectivity index (χ1n) is 8.90. The van der Waals surface area contributed by atoms with Crippen LogP contribution < -0.4 is 0 Å². The van der Waals surface area contributed by atoms with Crippen molar-refractivity contribution >= 4 is 5.91 Å². The quantitative estimate of drug-likeness (QED) is 0.775. The van der Waals surface area contributed by atoms with E-state index in [0.29, 0.717) is 17.8 Å². The highest BCUT2D eigenvalue weighted by Crippen LogP contribution is 2.43. The van der Waals surface area contributed by atoms with Crippen molar-refractivity contribution in [3.8, 4) is 0 Å². The minimum atomic E-state index is 0.169. The van der Waals surface area contributed by atoms with Gasteiger partial charge in [0.05, 0.1) is 0 Å². The molecule has 3 atom stereocenters. The summed E-state index contributed by atoms with van der Waals surface area (Å²) < 4.78 is 0. The lowest BCUT2D eigenvalue weighted by Gasteiger charge is -2.20. The van der Waals surface area contributed by atoms with Gasteiger partial charge in [0.25, 0.3) is 0 Å². The summed E-state index contributed by atoms with van der Waals surface area (Å²) in [6, 6.07) is 2.09. The van der Waals surface area contributed by atoms with Crippen molar-refractivity contribution in [2.24, 2.45) is 17.8 Å². The number of aryl methyl sites for hydroxylation is 1. The monoisotopic (exact) mass is 328 g/mol. The Kier molecular flexibility index (Phi) is 5.29. The predicted octanol–water partition coefficient (Wildman–Crippen LogP) is 1.93. The SMILES string of the molecule is Cc1cc(C[C@H]2CC[C@@H]3CN(C(=O)/C=C/CN(C)C)C[C@H]23)ncn1. The van der Waals surface area contributed by atoms with E-state index in [1.807, 2.05) is 32.0 Å². The number of hydrogen-bond donors (Lipinski definition) is 0. The molecule has 0 bridgehead atoms. The predicted molar refractivity (Wildman–Crippen MR) is 94.5 cm³/mol. The Morgan fingerprint density at radius 1 is 1.33 bits per heavy atom. The summed E-state index contributed by atoms with van der Waals surface area (Å²) in [7, 11) is 4.02. The van der Waals surface area contributed by atoms with Crippen molar-refractivity contribution in [1.29, 1.82) is 0 Å². The molecule has 130 valence electrons. The summed E-state index contributed by atoms with van der Waals surface area (Å²) >= 11 is 0. The number of hydrogen-bond acceptors (Lipinski definition) is 4. The molecule has 1 aromatic rings. The first-order chi connectivity index (χ1) is 11.5. The molecule has 1 saturated carbocycles. The fraction of sp³-hybridized carbons (Fsp3) is 0.632. The first-order valence-corrected chi connectivity index (χ1v) is 8.90. The topological polar surface area (TPSA) is 49.3 Å². The van der Waals surface area contributed by atoms with Gasteiger partial charge in [0.15, 0.2) is 0 Å². The molecule has 0 unspecified atom stereocenters. The summed E-state index contributed by atoms with van der Waals surface area (Å²) in [6.07, 6.45) is 8.88. The van der Waals surface area contributed by atoms with E-state index in [4.69, 9.17) is 0 Å². The largest absolute Gasteiger partial charge is 0.339 e. The summed E-state index contributed by atoms with van der Waals surface area (Å²) in [6.45, 7) is 4.65. The Labute approximate surface area is 144 Å². The number of rotatable bonds is 5. The normalized spacial score (nSPS) is 26.5. The van der Waals surface area contributed by atoms with Gasteiger partial charge in [0, 0.05) is 37.1 Å². The van der Waals surface area contributed by atoms with E-state index in [1.165, 1.54) is 12.8 Å². The van der Waals surface area contributed by atoms with Crippen molar-refractivity contribution in [3.05, 3.63) is 35.9 Å². The number of likely N-dealkylation sites (tertiary alicyclic amines) is 1. The molecule has 24 heavy (non-hydrogen) atoms. The van der Waals surface area contributed by atoms with E-state index in [1.54, 1.807) is 12.4 Å². The van der Waals surface area contributed by atoms with Gasteiger partial charge < -0.3 is 9.80 Å². The van der Waals surface area contributed by atoms with Crippen molar-refractivity contribution in [3.63, 3.8) is 0 Å². The molecule has 1 aliphatic carbocycles. The van der Waals surface area contributed by atoms with Crippen LogP contribution in [0.4, 0.5) is 0 Å². The number of carbonyl (C=O) groups is 1. The molecule has 2 heterocycles. The maximum Gasteiger partial charge on any atom is 0.246 e. The van der Waals surface area contributed by atoms with Gasteiger partial charge in [-0.05, 0) is 64.1 Å².